The van der Waals surface area contributed by atoms with Gasteiger partial charge in [0.25, 0.3) is 0 Å². The highest BCUT2D eigenvalue weighted by Crippen LogP contribution is 2.22. The summed E-state index contributed by atoms with van der Waals surface area (Å²) in [7, 11) is 0. The lowest BCUT2D eigenvalue weighted by Gasteiger charge is -2.39. The molecule has 1 aliphatic rings. The minimum absolute atomic E-state index is 0.586. The fourth-order valence-corrected chi connectivity index (χ4v) is 1.39. The zero-order valence-corrected chi connectivity index (χ0v) is 9.26. The van der Waals surface area contributed by atoms with Crippen LogP contribution in [0.3, 0.4) is 0 Å². The number of ether oxygens (including phenoxy) is 2. The fourth-order valence-electron chi connectivity index (χ4n) is 1.39. The fraction of sp³-hybridized carbons (Fsp3) is 0.889. The maximum atomic E-state index is 11.2. The van der Waals surface area contributed by atoms with Crippen LogP contribution in [0.2, 0.25) is 0 Å². The first kappa shape index (κ1) is 14.3. The monoisotopic (exact) mass is 251 g/mol. The lowest BCUT2D eigenvalue weighted by Crippen LogP contribution is -2.59. The minimum atomic E-state index is -1.60. The quantitative estimate of drug-likeness (QED) is 0.328. The van der Waals surface area contributed by atoms with Crippen molar-refractivity contribution < 1.29 is 34.7 Å². The van der Waals surface area contributed by atoms with E-state index >= 15 is 0 Å². The Bertz CT molecular complexity index is 270. The predicted molar refractivity (Wildman–Crippen MR) is 53.5 cm³/mol. The van der Waals surface area contributed by atoms with Gasteiger partial charge in [-0.05, 0) is 6.92 Å². The van der Waals surface area contributed by atoms with Crippen molar-refractivity contribution >= 4 is 5.97 Å². The van der Waals surface area contributed by atoms with Gasteiger partial charge in [-0.2, -0.15) is 0 Å². The van der Waals surface area contributed by atoms with Crippen LogP contribution < -0.4 is 5.73 Å². The molecule has 0 spiro atoms. The number of nitrogens with two attached hydrogens (primary N) is 1. The molecule has 1 aliphatic heterocycles. The molecule has 1 rings (SSSR count). The third-order valence-corrected chi connectivity index (χ3v) is 2.45. The van der Waals surface area contributed by atoms with Crippen LogP contribution in [0.5, 0.6) is 0 Å². The standard InChI is InChI=1S/C9H17NO7/c1-3(10)8(15)17-9-7(14)6(13)5(12)4(2-11)16-9/h3-7,9,11-14H,2,10H2,1H3/t3-,4+,5+,6-,7+,9?/m0/s1. The second kappa shape index (κ2) is 5.71. The Morgan fingerprint density at radius 2 is 1.94 bits per heavy atom. The molecule has 0 bridgehead atoms. The summed E-state index contributed by atoms with van der Waals surface area (Å²) in [5, 5.41) is 37.3. The Labute approximate surface area is 97.6 Å². The second-order valence-electron chi connectivity index (χ2n) is 3.92. The number of carbonyl (C=O) groups excluding carboxylic acids is 1. The summed E-state index contributed by atoms with van der Waals surface area (Å²) in [5.74, 6) is -0.825. The maximum absolute atomic E-state index is 11.2. The maximum Gasteiger partial charge on any atom is 0.325 e. The van der Waals surface area contributed by atoms with Crippen LogP contribution in [-0.2, 0) is 14.3 Å². The van der Waals surface area contributed by atoms with E-state index in [1.54, 1.807) is 0 Å². The Balaban J connectivity index is 2.69. The second-order valence-corrected chi connectivity index (χ2v) is 3.92. The van der Waals surface area contributed by atoms with E-state index in [2.05, 4.69) is 0 Å². The van der Waals surface area contributed by atoms with E-state index in [-0.39, 0.29) is 0 Å². The molecule has 0 aromatic carbocycles. The van der Waals surface area contributed by atoms with Crippen LogP contribution in [0.1, 0.15) is 6.92 Å². The van der Waals surface area contributed by atoms with Crippen LogP contribution >= 0.6 is 0 Å². The van der Waals surface area contributed by atoms with Crippen molar-refractivity contribution in [2.75, 3.05) is 6.61 Å². The van der Waals surface area contributed by atoms with Crippen molar-refractivity contribution in [1.29, 1.82) is 0 Å². The molecule has 1 unspecified atom stereocenters. The number of hydrogen-bond donors (Lipinski definition) is 5. The topological polar surface area (TPSA) is 142 Å². The van der Waals surface area contributed by atoms with E-state index in [0.717, 1.165) is 0 Å². The molecule has 8 heteroatoms. The molecule has 0 saturated carbocycles. The highest BCUT2D eigenvalue weighted by molar-refractivity contribution is 5.75. The van der Waals surface area contributed by atoms with Crippen molar-refractivity contribution in [3.05, 3.63) is 0 Å². The molecule has 8 nitrogen and oxygen atoms in total. The highest BCUT2D eigenvalue weighted by atomic mass is 16.7. The minimum Gasteiger partial charge on any atom is -0.432 e. The Kier molecular flexibility index (Phi) is 4.80. The Morgan fingerprint density at radius 1 is 1.35 bits per heavy atom. The van der Waals surface area contributed by atoms with Crippen LogP contribution in [-0.4, -0.2) is 69.8 Å². The molecular weight excluding hydrogens is 234 g/mol. The zero-order valence-electron chi connectivity index (χ0n) is 9.26. The van der Waals surface area contributed by atoms with E-state index < -0.39 is 49.3 Å². The van der Waals surface area contributed by atoms with Crippen LogP contribution in [0.25, 0.3) is 0 Å². The molecule has 6 N–H and O–H groups in total. The number of aliphatic hydroxyl groups excluding tert-OH is 4. The van der Waals surface area contributed by atoms with Gasteiger partial charge in [-0.1, -0.05) is 0 Å². The molecule has 0 radical (unpaired) electrons. The average Bonchev–Trinajstić information content (AvgIpc) is 2.29. The lowest BCUT2D eigenvalue weighted by atomic mass is 9.99. The van der Waals surface area contributed by atoms with Gasteiger partial charge in [0.05, 0.1) is 6.61 Å². The van der Waals surface area contributed by atoms with Gasteiger partial charge in [-0.3, -0.25) is 4.79 Å². The highest BCUT2D eigenvalue weighted by Gasteiger charge is 2.45. The molecule has 6 atom stereocenters. The van der Waals surface area contributed by atoms with Gasteiger partial charge in [-0.15, -0.1) is 0 Å². The summed E-state index contributed by atoms with van der Waals surface area (Å²) in [5.41, 5.74) is 5.25. The predicted octanol–water partition coefficient (Wildman–Crippen LogP) is -3.32. The Hall–Kier alpha value is -0.770. The molecule has 0 aromatic rings. The summed E-state index contributed by atoms with van der Waals surface area (Å²) in [4.78, 5) is 11.2. The molecule has 0 aliphatic carbocycles. The van der Waals surface area contributed by atoms with Crippen molar-refractivity contribution in [3.8, 4) is 0 Å². The lowest BCUT2D eigenvalue weighted by molar-refractivity contribution is -0.292. The molecule has 1 fully saturated rings. The number of esters is 1. The summed E-state index contributed by atoms with van der Waals surface area (Å²) in [6, 6.07) is -0.914. The number of carbonyl (C=O) groups is 1. The molecular formula is C9H17NO7. The molecule has 100 valence electrons. The van der Waals surface area contributed by atoms with Crippen molar-refractivity contribution in [2.45, 2.75) is 43.7 Å². The zero-order chi connectivity index (χ0) is 13.2. The van der Waals surface area contributed by atoms with Gasteiger partial charge in [0.15, 0.2) is 0 Å². The molecule has 0 aromatic heterocycles. The smallest absolute Gasteiger partial charge is 0.325 e. The van der Waals surface area contributed by atoms with E-state index in [9.17, 15) is 20.1 Å². The third-order valence-electron chi connectivity index (χ3n) is 2.45. The Morgan fingerprint density at radius 3 is 2.41 bits per heavy atom. The van der Waals surface area contributed by atoms with Crippen LogP contribution in [0.15, 0.2) is 0 Å². The average molecular weight is 251 g/mol. The van der Waals surface area contributed by atoms with Gasteiger partial charge in [0.2, 0.25) is 6.29 Å². The third kappa shape index (κ3) is 3.12. The number of hydrogen-bond acceptors (Lipinski definition) is 8. The first-order valence-corrected chi connectivity index (χ1v) is 5.15. The summed E-state index contributed by atoms with van der Waals surface area (Å²) < 4.78 is 9.64. The van der Waals surface area contributed by atoms with Gasteiger partial charge in [0, 0.05) is 0 Å². The first-order valence-electron chi connectivity index (χ1n) is 5.15. The first-order chi connectivity index (χ1) is 7.88. The van der Waals surface area contributed by atoms with Gasteiger partial charge >= 0.3 is 5.97 Å². The van der Waals surface area contributed by atoms with E-state index in [1.807, 2.05) is 0 Å². The van der Waals surface area contributed by atoms with E-state index in [0.29, 0.717) is 0 Å². The SMILES string of the molecule is C[C@H](N)C(=O)OC1O[C@H](CO)[C@@H](O)[C@H](O)[C@H]1O. The summed E-state index contributed by atoms with van der Waals surface area (Å²) in [6.45, 7) is 0.795. The van der Waals surface area contributed by atoms with Crippen molar-refractivity contribution in [1.82, 2.24) is 0 Å². The van der Waals surface area contributed by atoms with Crippen molar-refractivity contribution in [2.24, 2.45) is 5.73 Å². The van der Waals surface area contributed by atoms with Gasteiger partial charge in [0.1, 0.15) is 30.5 Å². The van der Waals surface area contributed by atoms with Crippen LogP contribution in [0.4, 0.5) is 0 Å². The normalized spacial score (nSPS) is 39.8. The molecule has 17 heavy (non-hydrogen) atoms. The van der Waals surface area contributed by atoms with E-state index in [4.69, 9.17) is 20.3 Å². The summed E-state index contributed by atoms with van der Waals surface area (Å²) in [6.07, 6.45) is -7.24. The molecule has 1 saturated heterocycles. The van der Waals surface area contributed by atoms with E-state index in [1.165, 1.54) is 6.92 Å². The van der Waals surface area contributed by atoms with Crippen molar-refractivity contribution in [3.63, 3.8) is 0 Å². The van der Waals surface area contributed by atoms with Gasteiger partial charge in [-0.25, -0.2) is 0 Å². The summed E-state index contributed by atoms with van der Waals surface area (Å²) >= 11 is 0. The number of aliphatic hydroxyl groups is 4. The molecule has 1 heterocycles. The van der Waals surface area contributed by atoms with Crippen LogP contribution in [0, 0.1) is 0 Å². The largest absolute Gasteiger partial charge is 0.432 e. The van der Waals surface area contributed by atoms with Gasteiger partial charge < -0.3 is 35.6 Å². The molecule has 0 amide bonds. The number of rotatable bonds is 3.